The number of carbonyl (C=O) groups excluding carboxylic acids is 3. The number of esters is 1. The molecule has 0 saturated carbocycles. The van der Waals surface area contributed by atoms with Gasteiger partial charge in [0.2, 0.25) is 5.91 Å². The standard InChI is InChI=1S/C29H36Cl2N4O6/c1-19(18-39-2)35-17-25(33-16-26(35)36)32-13-4-5-14-41-21-11-9-20(10-12-21)15-24(29(38)40-3)34-28(37)27-22(30)7-6-8-23(27)31/h6-12,19,24H,4-5,13-18H2,1-3H3,(H,32,33)(H,34,37)/t19?,24-/m0/s1. The van der Waals surface area contributed by atoms with Gasteiger partial charge in [-0.1, -0.05) is 41.4 Å². The predicted molar refractivity (Wildman–Crippen MR) is 158 cm³/mol. The minimum Gasteiger partial charge on any atom is -0.494 e. The number of halogens is 2. The first-order valence-electron chi connectivity index (χ1n) is 13.3. The third-order valence-corrected chi connectivity index (χ3v) is 7.13. The van der Waals surface area contributed by atoms with Crippen LogP contribution in [-0.2, 0) is 25.5 Å². The van der Waals surface area contributed by atoms with Crippen LogP contribution in [0.25, 0.3) is 0 Å². The average Bonchev–Trinajstić information content (AvgIpc) is 2.95. The Labute approximate surface area is 250 Å². The second kappa shape index (κ2) is 16.2. The van der Waals surface area contributed by atoms with Crippen LogP contribution in [0.15, 0.2) is 47.5 Å². The summed E-state index contributed by atoms with van der Waals surface area (Å²) in [4.78, 5) is 43.4. The highest BCUT2D eigenvalue weighted by atomic mass is 35.5. The number of rotatable bonds is 14. The van der Waals surface area contributed by atoms with Crippen molar-refractivity contribution in [1.82, 2.24) is 15.5 Å². The number of benzene rings is 2. The topological polar surface area (TPSA) is 119 Å². The van der Waals surface area contributed by atoms with E-state index >= 15 is 0 Å². The SMILES string of the molecule is COCC(C)N1CC(NCCCCOc2ccc(C[C@H](NC(=O)c3c(Cl)cccc3Cl)C(=O)OC)cc2)=NCC1=O. The number of ether oxygens (including phenoxy) is 3. The summed E-state index contributed by atoms with van der Waals surface area (Å²) in [7, 11) is 2.88. The lowest BCUT2D eigenvalue weighted by atomic mass is 10.0. The molecule has 10 nitrogen and oxygen atoms in total. The normalized spacial score (nSPS) is 14.6. The summed E-state index contributed by atoms with van der Waals surface area (Å²) >= 11 is 12.3. The summed E-state index contributed by atoms with van der Waals surface area (Å²) in [5, 5.41) is 6.36. The van der Waals surface area contributed by atoms with Gasteiger partial charge in [0.05, 0.1) is 48.5 Å². The Bertz CT molecular complexity index is 1200. The Morgan fingerprint density at radius 1 is 1.07 bits per heavy atom. The van der Waals surface area contributed by atoms with Crippen molar-refractivity contribution in [2.24, 2.45) is 4.99 Å². The number of unbranched alkanes of at least 4 members (excludes halogenated alkanes) is 1. The molecule has 0 spiro atoms. The molecule has 0 aliphatic carbocycles. The molecule has 2 amide bonds. The molecule has 2 aromatic carbocycles. The van der Waals surface area contributed by atoms with Crippen LogP contribution in [0.2, 0.25) is 10.0 Å². The van der Waals surface area contributed by atoms with E-state index in [1.54, 1.807) is 30.2 Å². The molecule has 0 aromatic heterocycles. The van der Waals surface area contributed by atoms with Crippen molar-refractivity contribution in [2.45, 2.75) is 38.3 Å². The first kappa shape index (κ1) is 32.2. The van der Waals surface area contributed by atoms with Crippen LogP contribution in [0.1, 0.15) is 35.7 Å². The van der Waals surface area contributed by atoms with E-state index in [1.807, 2.05) is 31.2 Å². The minimum absolute atomic E-state index is 0.00261. The number of carbonyl (C=O) groups is 3. The summed E-state index contributed by atoms with van der Waals surface area (Å²) in [5.41, 5.74) is 0.910. The fraction of sp³-hybridized carbons (Fsp3) is 0.448. The third-order valence-electron chi connectivity index (χ3n) is 6.50. The Morgan fingerprint density at radius 2 is 1.78 bits per heavy atom. The highest BCUT2D eigenvalue weighted by Gasteiger charge is 2.26. The molecule has 1 aliphatic heterocycles. The molecule has 1 aliphatic rings. The van der Waals surface area contributed by atoms with Gasteiger partial charge in [-0.2, -0.15) is 0 Å². The minimum atomic E-state index is -0.929. The Kier molecular flexibility index (Phi) is 12.7. The van der Waals surface area contributed by atoms with Crippen molar-refractivity contribution in [2.75, 3.05) is 47.1 Å². The van der Waals surface area contributed by atoms with Gasteiger partial charge in [-0.05, 0) is 49.6 Å². The van der Waals surface area contributed by atoms with Gasteiger partial charge in [-0.15, -0.1) is 0 Å². The van der Waals surface area contributed by atoms with E-state index in [2.05, 4.69) is 15.6 Å². The molecule has 0 saturated heterocycles. The number of methoxy groups -OCH3 is 2. The Morgan fingerprint density at radius 3 is 2.44 bits per heavy atom. The fourth-order valence-electron chi connectivity index (χ4n) is 4.29. The molecule has 0 fully saturated rings. The van der Waals surface area contributed by atoms with Crippen LogP contribution in [0.4, 0.5) is 0 Å². The molecule has 1 unspecified atom stereocenters. The number of hydrogen-bond donors (Lipinski definition) is 2. The molecular formula is C29H36Cl2N4O6. The van der Waals surface area contributed by atoms with Crippen molar-refractivity contribution >= 4 is 46.8 Å². The second-order valence-corrected chi connectivity index (χ2v) is 10.4. The Balaban J connectivity index is 1.42. The zero-order valence-electron chi connectivity index (χ0n) is 23.5. The lowest BCUT2D eigenvalue weighted by molar-refractivity contribution is -0.142. The summed E-state index contributed by atoms with van der Waals surface area (Å²) in [6, 6.07) is 11.1. The van der Waals surface area contributed by atoms with Crippen molar-refractivity contribution < 1.29 is 28.6 Å². The van der Waals surface area contributed by atoms with Crippen LogP contribution < -0.4 is 15.4 Å². The third kappa shape index (κ3) is 9.62. The van der Waals surface area contributed by atoms with E-state index in [1.165, 1.54) is 7.11 Å². The maximum absolute atomic E-state index is 12.8. The van der Waals surface area contributed by atoms with Crippen LogP contribution in [0.5, 0.6) is 5.75 Å². The largest absolute Gasteiger partial charge is 0.494 e. The smallest absolute Gasteiger partial charge is 0.328 e. The molecule has 222 valence electrons. The van der Waals surface area contributed by atoms with Crippen LogP contribution in [-0.4, -0.2) is 87.7 Å². The lowest BCUT2D eigenvalue weighted by Crippen LogP contribution is -2.51. The van der Waals surface area contributed by atoms with E-state index in [0.717, 1.165) is 30.8 Å². The van der Waals surface area contributed by atoms with Crippen molar-refractivity contribution in [1.29, 1.82) is 0 Å². The summed E-state index contributed by atoms with van der Waals surface area (Å²) in [5.74, 6) is 0.361. The van der Waals surface area contributed by atoms with Gasteiger partial charge in [0, 0.05) is 20.1 Å². The molecular weight excluding hydrogens is 571 g/mol. The molecule has 2 N–H and O–H groups in total. The molecule has 0 radical (unpaired) electrons. The summed E-state index contributed by atoms with van der Waals surface area (Å²) in [6.07, 6.45) is 1.91. The maximum atomic E-state index is 12.8. The van der Waals surface area contributed by atoms with Crippen LogP contribution >= 0.6 is 23.2 Å². The van der Waals surface area contributed by atoms with Crippen molar-refractivity contribution in [3.63, 3.8) is 0 Å². The Hall–Kier alpha value is -3.34. The average molecular weight is 608 g/mol. The molecule has 12 heteroatoms. The quantitative estimate of drug-likeness (QED) is 0.249. The van der Waals surface area contributed by atoms with Crippen LogP contribution in [0.3, 0.4) is 0 Å². The number of amides is 2. The van der Waals surface area contributed by atoms with Gasteiger partial charge < -0.3 is 29.7 Å². The van der Waals surface area contributed by atoms with Crippen molar-refractivity contribution in [3.8, 4) is 5.75 Å². The highest BCUT2D eigenvalue weighted by Crippen LogP contribution is 2.24. The maximum Gasteiger partial charge on any atom is 0.328 e. The van der Waals surface area contributed by atoms with Gasteiger partial charge in [0.1, 0.15) is 24.2 Å². The molecule has 3 rings (SSSR count). The fourth-order valence-corrected chi connectivity index (χ4v) is 4.86. The number of amidine groups is 1. The highest BCUT2D eigenvalue weighted by molar-refractivity contribution is 6.39. The zero-order chi connectivity index (χ0) is 29.8. The first-order valence-corrected chi connectivity index (χ1v) is 14.1. The molecule has 41 heavy (non-hydrogen) atoms. The van der Waals surface area contributed by atoms with E-state index in [4.69, 9.17) is 37.4 Å². The van der Waals surface area contributed by atoms with Gasteiger partial charge >= 0.3 is 5.97 Å². The number of nitrogens with one attached hydrogen (secondary N) is 2. The van der Waals surface area contributed by atoms with Crippen LogP contribution in [0, 0.1) is 0 Å². The second-order valence-electron chi connectivity index (χ2n) is 9.57. The van der Waals surface area contributed by atoms with Gasteiger partial charge in [0.15, 0.2) is 0 Å². The number of nitrogens with zero attached hydrogens (tertiary/aromatic N) is 2. The van der Waals surface area contributed by atoms with E-state index in [-0.39, 0.29) is 40.5 Å². The predicted octanol–water partition coefficient (Wildman–Crippen LogP) is 3.53. The zero-order valence-corrected chi connectivity index (χ0v) is 25.0. The molecule has 0 bridgehead atoms. The number of hydrogen-bond acceptors (Lipinski definition) is 8. The summed E-state index contributed by atoms with van der Waals surface area (Å²) < 4.78 is 15.9. The molecule has 1 heterocycles. The van der Waals surface area contributed by atoms with E-state index in [9.17, 15) is 14.4 Å². The first-order chi connectivity index (χ1) is 19.7. The molecule has 2 aromatic rings. The summed E-state index contributed by atoms with van der Waals surface area (Å²) in [6.45, 7) is 4.31. The lowest BCUT2D eigenvalue weighted by Gasteiger charge is -2.32. The van der Waals surface area contributed by atoms with E-state index < -0.39 is 17.9 Å². The van der Waals surface area contributed by atoms with Gasteiger partial charge in [-0.3, -0.25) is 14.6 Å². The molecule has 2 atom stereocenters. The number of aliphatic imine (C=N–C) groups is 1. The monoisotopic (exact) mass is 606 g/mol. The van der Waals surface area contributed by atoms with Crippen molar-refractivity contribution in [3.05, 3.63) is 63.6 Å². The van der Waals surface area contributed by atoms with E-state index in [0.29, 0.717) is 25.5 Å². The van der Waals surface area contributed by atoms with Gasteiger partial charge in [-0.25, -0.2) is 4.79 Å². The van der Waals surface area contributed by atoms with Gasteiger partial charge in [0.25, 0.3) is 5.91 Å².